The molecule has 0 aliphatic carbocycles. The van der Waals surface area contributed by atoms with Crippen molar-refractivity contribution in [3.8, 4) is 0 Å². The predicted molar refractivity (Wildman–Crippen MR) is 46.1 cm³/mol. The van der Waals surface area contributed by atoms with E-state index < -0.39 is 29.4 Å². The van der Waals surface area contributed by atoms with Gasteiger partial charge in [-0.15, -0.1) is 0 Å². The van der Waals surface area contributed by atoms with E-state index in [2.05, 4.69) is 4.98 Å². The van der Waals surface area contributed by atoms with Crippen LogP contribution in [-0.4, -0.2) is 21.6 Å². The predicted octanol–water partition coefficient (Wildman–Crippen LogP) is 1.41. The molecule has 1 N–H and O–H groups in total. The normalized spacial score (nSPS) is 13.5. The Hall–Kier alpha value is -1.70. The molecule has 0 saturated heterocycles. The number of pyridine rings is 1. The van der Waals surface area contributed by atoms with E-state index in [0.717, 1.165) is 12.3 Å². The van der Waals surface area contributed by atoms with E-state index in [0.29, 0.717) is 6.07 Å². The first-order valence-electron chi connectivity index (χ1n) is 4.13. The van der Waals surface area contributed by atoms with Crippen molar-refractivity contribution in [1.82, 2.24) is 4.98 Å². The number of aliphatic hydroxyl groups is 1. The smallest absolute Gasteiger partial charge is 0.381 e. The zero-order valence-electron chi connectivity index (χ0n) is 7.81. The van der Waals surface area contributed by atoms with Crippen LogP contribution in [0, 0.1) is 10.1 Å². The van der Waals surface area contributed by atoms with Crippen LogP contribution >= 0.6 is 0 Å². The highest BCUT2D eigenvalue weighted by atomic mass is 19.4. The van der Waals surface area contributed by atoms with Crippen molar-refractivity contribution in [2.75, 3.05) is 6.54 Å². The summed E-state index contributed by atoms with van der Waals surface area (Å²) >= 11 is 0. The van der Waals surface area contributed by atoms with Gasteiger partial charge in [0, 0.05) is 16.7 Å². The standard InChI is InChI=1S/C8H7F3N2O3/c9-8(10,11)7-2-1-5(3-12-7)6(14)4-13(15)16/h1-3,6,14H,4H2/t6-/m0/s1. The molecule has 0 unspecified atom stereocenters. The molecule has 0 spiro atoms. The molecule has 0 aliphatic rings. The number of alkyl halides is 3. The summed E-state index contributed by atoms with van der Waals surface area (Å²) in [5.74, 6) is 0. The fourth-order valence-electron chi connectivity index (χ4n) is 1.02. The number of halogens is 3. The molecular formula is C8H7F3N2O3. The minimum absolute atomic E-state index is 0.0234. The van der Waals surface area contributed by atoms with Gasteiger partial charge in [0.05, 0.1) is 0 Å². The van der Waals surface area contributed by atoms with Crippen molar-refractivity contribution in [3.05, 3.63) is 39.7 Å². The SMILES string of the molecule is O=[N+]([O-])C[C@H](O)c1ccc(C(F)(F)F)nc1. The Balaban J connectivity index is 2.83. The van der Waals surface area contributed by atoms with Gasteiger partial charge in [-0.3, -0.25) is 15.1 Å². The van der Waals surface area contributed by atoms with Crippen LogP contribution in [0.3, 0.4) is 0 Å². The second-order valence-electron chi connectivity index (χ2n) is 3.01. The van der Waals surface area contributed by atoms with Crippen molar-refractivity contribution in [2.45, 2.75) is 12.3 Å². The van der Waals surface area contributed by atoms with Gasteiger partial charge in [0.1, 0.15) is 11.8 Å². The van der Waals surface area contributed by atoms with Gasteiger partial charge >= 0.3 is 6.18 Å². The van der Waals surface area contributed by atoms with Crippen LogP contribution in [-0.2, 0) is 6.18 Å². The Morgan fingerprint density at radius 2 is 2.12 bits per heavy atom. The molecule has 0 aromatic carbocycles. The molecule has 0 aliphatic heterocycles. The Morgan fingerprint density at radius 3 is 2.50 bits per heavy atom. The molecule has 0 fully saturated rings. The quantitative estimate of drug-likeness (QED) is 0.635. The third-order valence-electron chi connectivity index (χ3n) is 1.78. The van der Waals surface area contributed by atoms with Crippen LogP contribution in [0.4, 0.5) is 13.2 Å². The second-order valence-corrected chi connectivity index (χ2v) is 3.01. The number of rotatable bonds is 3. The minimum atomic E-state index is -4.56. The molecule has 0 bridgehead atoms. The minimum Gasteiger partial charge on any atom is -0.381 e. The topological polar surface area (TPSA) is 76.3 Å². The molecule has 0 amide bonds. The van der Waals surface area contributed by atoms with Gasteiger partial charge in [0.25, 0.3) is 0 Å². The van der Waals surface area contributed by atoms with Gasteiger partial charge in [-0.25, -0.2) is 0 Å². The summed E-state index contributed by atoms with van der Waals surface area (Å²) < 4.78 is 36.3. The zero-order valence-corrected chi connectivity index (χ0v) is 7.81. The van der Waals surface area contributed by atoms with E-state index in [1.807, 2.05) is 0 Å². The van der Waals surface area contributed by atoms with E-state index in [-0.39, 0.29) is 5.56 Å². The van der Waals surface area contributed by atoms with E-state index in [1.54, 1.807) is 0 Å². The van der Waals surface area contributed by atoms with Gasteiger partial charge in [0.15, 0.2) is 0 Å². The van der Waals surface area contributed by atoms with E-state index >= 15 is 0 Å². The fourth-order valence-corrected chi connectivity index (χ4v) is 1.02. The summed E-state index contributed by atoms with van der Waals surface area (Å²) in [6.45, 7) is -0.771. The van der Waals surface area contributed by atoms with Crippen molar-refractivity contribution in [1.29, 1.82) is 0 Å². The molecule has 8 heteroatoms. The molecule has 16 heavy (non-hydrogen) atoms. The fraction of sp³-hybridized carbons (Fsp3) is 0.375. The summed E-state index contributed by atoms with van der Waals surface area (Å²) in [4.78, 5) is 12.4. The molecule has 1 rings (SSSR count). The van der Waals surface area contributed by atoms with Crippen LogP contribution in [0.5, 0.6) is 0 Å². The Kier molecular flexibility index (Phi) is 3.43. The Bertz CT molecular complexity index is 377. The van der Waals surface area contributed by atoms with Crippen LogP contribution in [0.2, 0.25) is 0 Å². The molecule has 88 valence electrons. The first-order valence-corrected chi connectivity index (χ1v) is 4.13. The molecule has 0 radical (unpaired) electrons. The summed E-state index contributed by atoms with van der Waals surface area (Å²) in [5.41, 5.74) is -1.13. The third-order valence-corrected chi connectivity index (χ3v) is 1.78. The number of aromatic nitrogens is 1. The molecule has 1 atom stereocenters. The Morgan fingerprint density at radius 1 is 1.50 bits per heavy atom. The number of aliphatic hydroxyl groups excluding tert-OH is 1. The largest absolute Gasteiger partial charge is 0.433 e. The van der Waals surface area contributed by atoms with Gasteiger partial charge < -0.3 is 5.11 Å². The van der Waals surface area contributed by atoms with Gasteiger partial charge in [-0.2, -0.15) is 13.2 Å². The molecule has 5 nitrogen and oxygen atoms in total. The lowest BCUT2D eigenvalue weighted by Crippen LogP contribution is -2.13. The number of hydrogen-bond donors (Lipinski definition) is 1. The van der Waals surface area contributed by atoms with Gasteiger partial charge in [-0.1, -0.05) is 6.07 Å². The number of nitrogens with zero attached hydrogens (tertiary/aromatic N) is 2. The van der Waals surface area contributed by atoms with Gasteiger partial charge in [-0.05, 0) is 6.07 Å². The second kappa shape index (κ2) is 4.44. The maximum Gasteiger partial charge on any atom is 0.433 e. The van der Waals surface area contributed by atoms with E-state index in [4.69, 9.17) is 0 Å². The summed E-state index contributed by atoms with van der Waals surface area (Å²) in [6.07, 6.45) is -5.24. The van der Waals surface area contributed by atoms with Crippen LogP contribution < -0.4 is 0 Å². The molecular weight excluding hydrogens is 229 g/mol. The Labute approximate surface area is 87.7 Å². The number of hydrogen-bond acceptors (Lipinski definition) is 4. The lowest BCUT2D eigenvalue weighted by molar-refractivity contribution is -0.491. The first kappa shape index (κ1) is 12.4. The van der Waals surface area contributed by atoms with E-state index in [9.17, 15) is 28.4 Å². The monoisotopic (exact) mass is 236 g/mol. The van der Waals surface area contributed by atoms with E-state index in [1.165, 1.54) is 0 Å². The maximum absolute atomic E-state index is 12.1. The van der Waals surface area contributed by atoms with Crippen molar-refractivity contribution >= 4 is 0 Å². The highest BCUT2D eigenvalue weighted by Gasteiger charge is 2.32. The van der Waals surface area contributed by atoms with Gasteiger partial charge in [0.2, 0.25) is 6.54 Å². The lowest BCUT2D eigenvalue weighted by atomic mass is 10.1. The number of nitro groups is 1. The van der Waals surface area contributed by atoms with Crippen molar-refractivity contribution in [3.63, 3.8) is 0 Å². The third kappa shape index (κ3) is 3.16. The van der Waals surface area contributed by atoms with Crippen LogP contribution in [0.1, 0.15) is 17.4 Å². The average Bonchev–Trinajstić information content (AvgIpc) is 2.15. The first-order chi connectivity index (χ1) is 7.30. The van der Waals surface area contributed by atoms with Crippen molar-refractivity contribution in [2.24, 2.45) is 0 Å². The highest BCUT2D eigenvalue weighted by molar-refractivity contribution is 5.18. The summed E-state index contributed by atoms with van der Waals surface area (Å²) in [7, 11) is 0. The molecule has 1 aromatic heterocycles. The molecule has 1 aromatic rings. The molecule has 0 saturated carbocycles. The average molecular weight is 236 g/mol. The summed E-state index contributed by atoms with van der Waals surface area (Å²) in [5, 5.41) is 19.3. The van der Waals surface area contributed by atoms with Crippen molar-refractivity contribution < 1.29 is 23.2 Å². The summed E-state index contributed by atoms with van der Waals surface area (Å²) in [6, 6.07) is 1.63. The van der Waals surface area contributed by atoms with Crippen LogP contribution in [0.25, 0.3) is 0 Å². The zero-order chi connectivity index (χ0) is 12.3. The lowest BCUT2D eigenvalue weighted by Gasteiger charge is -2.08. The molecule has 1 heterocycles. The van der Waals surface area contributed by atoms with Crippen LogP contribution in [0.15, 0.2) is 18.3 Å². The highest BCUT2D eigenvalue weighted by Crippen LogP contribution is 2.27. The maximum atomic E-state index is 12.1.